The molecule has 0 spiro atoms. The molecule has 0 aromatic heterocycles. The van der Waals surface area contributed by atoms with E-state index in [9.17, 15) is 8.42 Å². The molecule has 0 saturated heterocycles. The third-order valence-electron chi connectivity index (χ3n) is 1.80. The van der Waals surface area contributed by atoms with Crippen LogP contribution in [-0.4, -0.2) is 43.3 Å². The summed E-state index contributed by atoms with van der Waals surface area (Å²) in [6.45, 7) is 11.8. The van der Waals surface area contributed by atoms with Crippen molar-refractivity contribution in [2.24, 2.45) is 0 Å². The van der Waals surface area contributed by atoms with Crippen molar-refractivity contribution in [2.75, 3.05) is 25.4 Å². The van der Waals surface area contributed by atoms with Gasteiger partial charge in [0.1, 0.15) is 0 Å². The van der Waals surface area contributed by atoms with Crippen molar-refractivity contribution in [3.63, 3.8) is 0 Å². The first-order valence-electron chi connectivity index (χ1n) is 5.08. The molecule has 88 valence electrons. The van der Waals surface area contributed by atoms with Crippen molar-refractivity contribution >= 4 is 10.1 Å². The van der Waals surface area contributed by atoms with Crippen LogP contribution in [0.1, 0.15) is 34.1 Å². The molecule has 0 rings (SSSR count). The molecule has 0 aliphatic rings. The van der Waals surface area contributed by atoms with E-state index in [1.807, 2.05) is 0 Å². The molecule has 5 heteroatoms. The molecule has 0 aromatic rings. The van der Waals surface area contributed by atoms with Crippen LogP contribution in [0.4, 0.5) is 0 Å². The summed E-state index contributed by atoms with van der Waals surface area (Å²) >= 11 is 0. The highest BCUT2D eigenvalue weighted by Gasteiger charge is 1.98. The van der Waals surface area contributed by atoms with Crippen LogP contribution in [0.5, 0.6) is 0 Å². The smallest absolute Gasteiger partial charge is 0.264 e. The maximum Gasteiger partial charge on any atom is 0.264 e. The molecule has 0 saturated carbocycles. The van der Waals surface area contributed by atoms with E-state index in [1.165, 1.54) is 19.6 Å². The lowest BCUT2D eigenvalue weighted by atomic mass is 10.5. The molecule has 0 aliphatic heterocycles. The second-order valence-corrected chi connectivity index (χ2v) is 4.48. The Hall–Kier alpha value is -0.130. The highest BCUT2D eigenvalue weighted by atomic mass is 32.2. The summed E-state index contributed by atoms with van der Waals surface area (Å²) in [7, 11) is -3.67. The maximum absolute atomic E-state index is 9.79. The Morgan fingerprint density at radius 1 is 1.00 bits per heavy atom. The van der Waals surface area contributed by atoms with Crippen LogP contribution in [0.15, 0.2) is 0 Å². The van der Waals surface area contributed by atoms with Gasteiger partial charge in [-0.25, -0.2) is 0 Å². The van der Waals surface area contributed by atoms with Gasteiger partial charge in [0.15, 0.2) is 0 Å². The zero-order chi connectivity index (χ0) is 11.6. The van der Waals surface area contributed by atoms with E-state index in [2.05, 4.69) is 25.7 Å². The minimum Gasteiger partial charge on any atom is -0.304 e. The van der Waals surface area contributed by atoms with Gasteiger partial charge in [0.05, 0.1) is 5.75 Å². The second-order valence-electron chi connectivity index (χ2n) is 2.91. The molecule has 1 N–H and O–H groups in total. The van der Waals surface area contributed by atoms with Crippen molar-refractivity contribution in [3.05, 3.63) is 0 Å². The third-order valence-corrected chi connectivity index (χ3v) is 2.73. The fourth-order valence-corrected chi connectivity index (χ4v) is 1.44. The summed E-state index contributed by atoms with van der Waals surface area (Å²) in [5.74, 6) is -0.132. The van der Waals surface area contributed by atoms with Gasteiger partial charge in [0.2, 0.25) is 0 Å². The molecule has 0 bridgehead atoms. The number of hydrogen-bond donors (Lipinski definition) is 1. The molecule has 14 heavy (non-hydrogen) atoms. The monoisotopic (exact) mass is 225 g/mol. The molecule has 0 aliphatic carbocycles. The summed E-state index contributed by atoms with van der Waals surface area (Å²) < 4.78 is 27.6. The van der Waals surface area contributed by atoms with E-state index in [-0.39, 0.29) is 5.75 Å². The van der Waals surface area contributed by atoms with Crippen LogP contribution in [0.3, 0.4) is 0 Å². The second kappa shape index (κ2) is 9.43. The Morgan fingerprint density at radius 2 is 1.36 bits per heavy atom. The average molecular weight is 225 g/mol. The van der Waals surface area contributed by atoms with E-state index >= 15 is 0 Å². The van der Waals surface area contributed by atoms with Gasteiger partial charge in [0, 0.05) is 0 Å². The van der Waals surface area contributed by atoms with Crippen LogP contribution >= 0.6 is 0 Å². The van der Waals surface area contributed by atoms with Crippen molar-refractivity contribution in [2.45, 2.75) is 34.1 Å². The lowest BCUT2D eigenvalue weighted by Crippen LogP contribution is -2.21. The van der Waals surface area contributed by atoms with Gasteiger partial charge >= 0.3 is 0 Å². The molecular weight excluding hydrogens is 202 g/mol. The Balaban J connectivity index is 0. The summed E-state index contributed by atoms with van der Waals surface area (Å²) in [5.41, 5.74) is 0. The zero-order valence-electron chi connectivity index (χ0n) is 9.65. The summed E-state index contributed by atoms with van der Waals surface area (Å²) in [4.78, 5) is 2.38. The standard InChI is InChI=1S/C6H15N.C3H8O3S/c1-4-7(5-2)6-3;1-2-3-7(4,5)6/h4-6H2,1-3H3;2-3H2,1H3,(H,4,5,6). The van der Waals surface area contributed by atoms with Crippen molar-refractivity contribution in [1.82, 2.24) is 4.90 Å². The van der Waals surface area contributed by atoms with Gasteiger partial charge < -0.3 is 4.90 Å². The van der Waals surface area contributed by atoms with Crippen LogP contribution in [0, 0.1) is 0 Å². The quantitative estimate of drug-likeness (QED) is 0.723. The van der Waals surface area contributed by atoms with E-state index in [0.29, 0.717) is 6.42 Å². The van der Waals surface area contributed by atoms with E-state index in [4.69, 9.17) is 4.55 Å². The summed E-state index contributed by atoms with van der Waals surface area (Å²) in [6, 6.07) is 0. The summed E-state index contributed by atoms with van der Waals surface area (Å²) in [6.07, 6.45) is 0.471. The maximum atomic E-state index is 9.79. The third kappa shape index (κ3) is 14.4. The van der Waals surface area contributed by atoms with Crippen LogP contribution < -0.4 is 0 Å². The Bertz CT molecular complexity index is 193. The Labute approximate surface area is 88.1 Å². The topological polar surface area (TPSA) is 57.6 Å². The Morgan fingerprint density at radius 3 is 1.36 bits per heavy atom. The van der Waals surface area contributed by atoms with Crippen LogP contribution in [0.25, 0.3) is 0 Å². The normalized spacial score (nSPS) is 11.0. The lowest BCUT2D eigenvalue weighted by Gasteiger charge is -2.13. The molecule has 4 nitrogen and oxygen atoms in total. The molecule has 0 amide bonds. The van der Waals surface area contributed by atoms with Crippen molar-refractivity contribution in [1.29, 1.82) is 0 Å². The molecule has 0 atom stereocenters. The first-order chi connectivity index (χ1) is 6.41. The summed E-state index contributed by atoms with van der Waals surface area (Å²) in [5, 5.41) is 0. The van der Waals surface area contributed by atoms with Crippen molar-refractivity contribution in [3.8, 4) is 0 Å². The zero-order valence-corrected chi connectivity index (χ0v) is 10.5. The number of nitrogens with zero attached hydrogens (tertiary/aromatic N) is 1. The predicted octanol–water partition coefficient (Wildman–Crippen LogP) is 1.63. The predicted molar refractivity (Wildman–Crippen MR) is 60.2 cm³/mol. The first kappa shape index (κ1) is 16.3. The molecule has 0 heterocycles. The SMILES string of the molecule is CCCS(=O)(=O)O.CCN(CC)CC. The lowest BCUT2D eigenvalue weighted by molar-refractivity contribution is 0.321. The van der Waals surface area contributed by atoms with Gasteiger partial charge in [-0.3, -0.25) is 4.55 Å². The van der Waals surface area contributed by atoms with Crippen LogP contribution in [0.2, 0.25) is 0 Å². The molecular formula is C9H23NO3S. The minimum atomic E-state index is -3.67. The first-order valence-corrected chi connectivity index (χ1v) is 6.69. The van der Waals surface area contributed by atoms with Gasteiger partial charge in [-0.05, 0) is 26.1 Å². The number of hydrogen-bond acceptors (Lipinski definition) is 3. The van der Waals surface area contributed by atoms with Gasteiger partial charge in [-0.15, -0.1) is 0 Å². The fraction of sp³-hybridized carbons (Fsp3) is 1.00. The largest absolute Gasteiger partial charge is 0.304 e. The fourth-order valence-electron chi connectivity index (χ4n) is 0.929. The Kier molecular flexibility index (Phi) is 11.0. The van der Waals surface area contributed by atoms with E-state index < -0.39 is 10.1 Å². The average Bonchev–Trinajstić information content (AvgIpc) is 2.06. The number of rotatable bonds is 5. The highest BCUT2D eigenvalue weighted by molar-refractivity contribution is 7.85. The molecule has 0 fully saturated rings. The molecule has 0 radical (unpaired) electrons. The molecule has 0 aromatic carbocycles. The van der Waals surface area contributed by atoms with Crippen molar-refractivity contribution < 1.29 is 13.0 Å². The van der Waals surface area contributed by atoms with E-state index in [0.717, 1.165) is 0 Å². The molecule has 0 unspecified atom stereocenters. The van der Waals surface area contributed by atoms with Gasteiger partial charge in [0.25, 0.3) is 10.1 Å². The van der Waals surface area contributed by atoms with E-state index in [1.54, 1.807) is 6.92 Å². The van der Waals surface area contributed by atoms with Crippen LogP contribution in [-0.2, 0) is 10.1 Å². The minimum absolute atomic E-state index is 0.132. The van der Waals surface area contributed by atoms with Gasteiger partial charge in [-0.2, -0.15) is 8.42 Å². The van der Waals surface area contributed by atoms with Gasteiger partial charge in [-0.1, -0.05) is 27.7 Å². The highest BCUT2D eigenvalue weighted by Crippen LogP contribution is 1.83.